The number of hydrogen-bond acceptors (Lipinski definition) is 5. The summed E-state index contributed by atoms with van der Waals surface area (Å²) in [5, 5.41) is 0.909. The number of likely N-dealkylation sites (N-methyl/N-ethyl adjacent to an activating group) is 1. The molecule has 21 heavy (non-hydrogen) atoms. The third kappa shape index (κ3) is 4.65. The molecule has 0 N–H and O–H groups in total. The van der Waals surface area contributed by atoms with Crippen LogP contribution in [0, 0.1) is 0 Å². The molecule has 6 heteroatoms. The highest BCUT2D eigenvalue weighted by Gasteiger charge is 2.11. The first-order valence-corrected chi connectivity index (χ1v) is 6.85. The lowest BCUT2D eigenvalue weighted by Gasteiger charge is -2.17. The van der Waals surface area contributed by atoms with Gasteiger partial charge in [-0.1, -0.05) is 32.0 Å². The Labute approximate surface area is 130 Å². The van der Waals surface area contributed by atoms with Crippen LogP contribution in [0.25, 0.3) is 10.9 Å². The van der Waals surface area contributed by atoms with Crippen LogP contribution in [0.1, 0.15) is 24.5 Å². The maximum absolute atomic E-state index is 11.9. The van der Waals surface area contributed by atoms with Crippen molar-refractivity contribution in [3.8, 4) is 0 Å². The molecule has 0 unspecified atom stereocenters. The lowest BCUT2D eigenvalue weighted by molar-refractivity contribution is 0.0453. The quantitative estimate of drug-likeness (QED) is 0.768. The standard InChI is InChI=1S/C15H19N3O2.ClH/c1-3-18(4-2)9-10-20-15(19)14-16-11-12-7-5-6-8-13(12)17-14;/h5-8,11H,3-4,9-10H2,1-2H3;1H. The van der Waals surface area contributed by atoms with Gasteiger partial charge < -0.3 is 9.64 Å². The predicted molar refractivity (Wildman–Crippen MR) is 84.9 cm³/mol. The summed E-state index contributed by atoms with van der Waals surface area (Å²) in [4.78, 5) is 22.3. The number of rotatable bonds is 6. The molecule has 0 bridgehead atoms. The van der Waals surface area contributed by atoms with E-state index in [-0.39, 0.29) is 18.2 Å². The number of fused-ring (bicyclic) bond motifs is 1. The number of hydrogen-bond donors (Lipinski definition) is 0. The Bertz CT molecular complexity index is 588. The number of ether oxygens (including phenoxy) is 1. The van der Waals surface area contributed by atoms with E-state index >= 15 is 0 Å². The van der Waals surface area contributed by atoms with Crippen molar-refractivity contribution in [1.82, 2.24) is 14.9 Å². The summed E-state index contributed by atoms with van der Waals surface area (Å²) in [5.74, 6) is -0.355. The summed E-state index contributed by atoms with van der Waals surface area (Å²) in [6, 6.07) is 7.55. The fourth-order valence-electron chi connectivity index (χ4n) is 1.94. The second kappa shape index (κ2) is 8.54. The van der Waals surface area contributed by atoms with Crippen LogP contribution >= 0.6 is 12.4 Å². The zero-order valence-electron chi connectivity index (χ0n) is 12.3. The van der Waals surface area contributed by atoms with E-state index < -0.39 is 5.97 Å². The highest BCUT2D eigenvalue weighted by molar-refractivity contribution is 5.88. The number of benzene rings is 1. The lowest BCUT2D eigenvalue weighted by Crippen LogP contribution is -2.28. The van der Waals surface area contributed by atoms with Crippen molar-refractivity contribution in [1.29, 1.82) is 0 Å². The molecular formula is C15H20ClN3O2. The minimum Gasteiger partial charge on any atom is -0.458 e. The molecule has 0 spiro atoms. The number of nitrogens with zero attached hydrogens (tertiary/aromatic N) is 3. The summed E-state index contributed by atoms with van der Waals surface area (Å²) in [5.41, 5.74) is 0.748. The molecular weight excluding hydrogens is 290 g/mol. The number of para-hydroxylation sites is 1. The average molecular weight is 310 g/mol. The molecule has 0 aliphatic heterocycles. The molecule has 0 fully saturated rings. The number of esters is 1. The van der Waals surface area contributed by atoms with Crippen molar-refractivity contribution in [2.75, 3.05) is 26.2 Å². The van der Waals surface area contributed by atoms with Gasteiger partial charge in [0.25, 0.3) is 0 Å². The molecule has 0 saturated heterocycles. The topological polar surface area (TPSA) is 55.3 Å². The van der Waals surface area contributed by atoms with Gasteiger partial charge in [0.15, 0.2) is 0 Å². The zero-order valence-corrected chi connectivity index (χ0v) is 13.1. The predicted octanol–water partition coefficient (Wildman–Crippen LogP) is 2.55. The third-order valence-corrected chi connectivity index (χ3v) is 3.21. The van der Waals surface area contributed by atoms with Gasteiger partial charge in [-0.25, -0.2) is 14.8 Å². The van der Waals surface area contributed by atoms with Gasteiger partial charge >= 0.3 is 5.97 Å². The molecule has 2 rings (SSSR count). The van der Waals surface area contributed by atoms with E-state index in [9.17, 15) is 4.79 Å². The lowest BCUT2D eigenvalue weighted by atomic mass is 10.2. The molecule has 0 atom stereocenters. The maximum atomic E-state index is 11.9. The highest BCUT2D eigenvalue weighted by Crippen LogP contribution is 2.09. The monoisotopic (exact) mass is 309 g/mol. The van der Waals surface area contributed by atoms with Crippen molar-refractivity contribution in [3.05, 3.63) is 36.3 Å². The second-order valence-corrected chi connectivity index (χ2v) is 4.42. The van der Waals surface area contributed by atoms with Crippen molar-refractivity contribution in [2.24, 2.45) is 0 Å². The van der Waals surface area contributed by atoms with Crippen molar-refractivity contribution in [3.63, 3.8) is 0 Å². The Morgan fingerprint density at radius 1 is 1.24 bits per heavy atom. The third-order valence-electron chi connectivity index (χ3n) is 3.21. The van der Waals surface area contributed by atoms with E-state index in [1.54, 1.807) is 6.20 Å². The van der Waals surface area contributed by atoms with E-state index in [1.807, 2.05) is 24.3 Å². The van der Waals surface area contributed by atoms with E-state index in [1.165, 1.54) is 0 Å². The van der Waals surface area contributed by atoms with Gasteiger partial charge in [0.05, 0.1) is 5.52 Å². The van der Waals surface area contributed by atoms with Crippen molar-refractivity contribution < 1.29 is 9.53 Å². The smallest absolute Gasteiger partial charge is 0.376 e. The van der Waals surface area contributed by atoms with Gasteiger partial charge in [0.1, 0.15) is 6.61 Å². The molecule has 1 aromatic carbocycles. The number of carbonyl (C=O) groups is 1. The van der Waals surface area contributed by atoms with Crippen LogP contribution in [0.4, 0.5) is 0 Å². The van der Waals surface area contributed by atoms with Gasteiger partial charge in [-0.2, -0.15) is 0 Å². The fraction of sp³-hybridized carbons (Fsp3) is 0.400. The largest absolute Gasteiger partial charge is 0.458 e. The first kappa shape index (κ1) is 17.3. The minimum atomic E-state index is -0.470. The van der Waals surface area contributed by atoms with Crippen LogP contribution in [0.2, 0.25) is 0 Å². The number of carbonyl (C=O) groups excluding carboxylic acids is 1. The van der Waals surface area contributed by atoms with E-state index in [2.05, 4.69) is 28.7 Å². The van der Waals surface area contributed by atoms with Gasteiger partial charge in [-0.15, -0.1) is 12.4 Å². The van der Waals surface area contributed by atoms with E-state index in [0.717, 1.165) is 30.5 Å². The highest BCUT2D eigenvalue weighted by atomic mass is 35.5. The Kier molecular flexibility index (Phi) is 7.05. The molecule has 0 saturated carbocycles. The molecule has 1 heterocycles. The normalized spacial score (nSPS) is 10.4. The molecule has 5 nitrogen and oxygen atoms in total. The van der Waals surface area contributed by atoms with Gasteiger partial charge in [0.2, 0.25) is 5.82 Å². The molecule has 1 aromatic heterocycles. The Hall–Kier alpha value is -1.72. The van der Waals surface area contributed by atoms with Crippen LogP contribution in [0.3, 0.4) is 0 Å². The van der Waals surface area contributed by atoms with Crippen molar-refractivity contribution in [2.45, 2.75) is 13.8 Å². The first-order chi connectivity index (χ1) is 9.74. The molecule has 0 amide bonds. The van der Waals surface area contributed by atoms with Gasteiger partial charge in [-0.3, -0.25) is 0 Å². The van der Waals surface area contributed by atoms with Gasteiger partial charge in [-0.05, 0) is 19.2 Å². The van der Waals surface area contributed by atoms with Crippen LogP contribution in [-0.2, 0) is 4.74 Å². The van der Waals surface area contributed by atoms with E-state index in [0.29, 0.717) is 6.61 Å². The SMILES string of the molecule is CCN(CC)CCOC(=O)c1ncc2ccccc2n1.Cl. The summed E-state index contributed by atoms with van der Waals surface area (Å²) in [6.07, 6.45) is 1.64. The second-order valence-electron chi connectivity index (χ2n) is 4.42. The molecule has 0 aliphatic rings. The van der Waals surface area contributed by atoms with E-state index in [4.69, 9.17) is 4.74 Å². The molecule has 0 radical (unpaired) electrons. The molecule has 2 aromatic rings. The Balaban J connectivity index is 0.00000220. The van der Waals surface area contributed by atoms with Gasteiger partial charge in [0, 0.05) is 18.1 Å². The summed E-state index contributed by atoms with van der Waals surface area (Å²) >= 11 is 0. The maximum Gasteiger partial charge on any atom is 0.376 e. The Morgan fingerprint density at radius 3 is 2.67 bits per heavy atom. The fourth-order valence-corrected chi connectivity index (χ4v) is 1.94. The summed E-state index contributed by atoms with van der Waals surface area (Å²) in [7, 11) is 0. The van der Waals surface area contributed by atoms with Crippen LogP contribution in [-0.4, -0.2) is 47.1 Å². The zero-order chi connectivity index (χ0) is 14.4. The first-order valence-electron chi connectivity index (χ1n) is 6.85. The Morgan fingerprint density at radius 2 is 1.95 bits per heavy atom. The van der Waals surface area contributed by atoms with Crippen LogP contribution < -0.4 is 0 Å². The summed E-state index contributed by atoms with van der Waals surface area (Å²) in [6.45, 7) is 7.14. The van der Waals surface area contributed by atoms with Crippen LogP contribution in [0.5, 0.6) is 0 Å². The minimum absolute atomic E-state index is 0. The molecule has 0 aliphatic carbocycles. The van der Waals surface area contributed by atoms with Crippen molar-refractivity contribution >= 4 is 29.3 Å². The number of aromatic nitrogens is 2. The van der Waals surface area contributed by atoms with Crippen LogP contribution in [0.15, 0.2) is 30.5 Å². The summed E-state index contributed by atoms with van der Waals surface area (Å²) < 4.78 is 5.21. The molecule has 114 valence electrons. The number of halogens is 1. The average Bonchev–Trinajstić information content (AvgIpc) is 2.51.